The standard InChI is InChI=1S/C24H18ClN3O3S/c1-15-7-5-6-10-18(15)23-27-28-24(31-23)32-14-21(29)26-20-12-11-17(25)13-19(20)22(30)16-8-3-2-4-9-16/h2-13H,14H2,1H3,(H,26,29). The van der Waals surface area contributed by atoms with Crippen molar-refractivity contribution < 1.29 is 14.0 Å². The summed E-state index contributed by atoms with van der Waals surface area (Å²) in [5.74, 6) is -0.0952. The van der Waals surface area contributed by atoms with Crippen molar-refractivity contribution in [2.24, 2.45) is 0 Å². The smallest absolute Gasteiger partial charge is 0.277 e. The maximum atomic E-state index is 12.9. The summed E-state index contributed by atoms with van der Waals surface area (Å²) in [6, 6.07) is 21.3. The lowest BCUT2D eigenvalue weighted by molar-refractivity contribution is -0.113. The maximum absolute atomic E-state index is 12.9. The fourth-order valence-corrected chi connectivity index (χ4v) is 3.80. The van der Waals surface area contributed by atoms with E-state index in [0.29, 0.717) is 27.7 Å². The summed E-state index contributed by atoms with van der Waals surface area (Å²) in [6.45, 7) is 1.96. The minimum atomic E-state index is -0.310. The fourth-order valence-electron chi connectivity index (χ4n) is 3.06. The van der Waals surface area contributed by atoms with Crippen molar-refractivity contribution in [2.45, 2.75) is 12.1 Å². The van der Waals surface area contributed by atoms with Crippen LogP contribution in [-0.4, -0.2) is 27.6 Å². The maximum Gasteiger partial charge on any atom is 0.277 e. The van der Waals surface area contributed by atoms with Crippen molar-refractivity contribution in [1.82, 2.24) is 10.2 Å². The van der Waals surface area contributed by atoms with Gasteiger partial charge in [-0.1, -0.05) is 71.9 Å². The molecule has 0 saturated carbocycles. The van der Waals surface area contributed by atoms with E-state index in [0.717, 1.165) is 22.9 Å². The summed E-state index contributed by atoms with van der Waals surface area (Å²) in [4.78, 5) is 25.4. The number of carbonyl (C=O) groups excluding carboxylic acids is 2. The van der Waals surface area contributed by atoms with Crippen molar-refractivity contribution >= 4 is 40.7 Å². The van der Waals surface area contributed by atoms with E-state index in [1.54, 1.807) is 42.5 Å². The molecular formula is C24H18ClN3O3S. The highest BCUT2D eigenvalue weighted by Crippen LogP contribution is 2.27. The Balaban J connectivity index is 1.44. The molecule has 0 atom stereocenters. The minimum Gasteiger partial charge on any atom is -0.411 e. The van der Waals surface area contributed by atoms with E-state index in [9.17, 15) is 9.59 Å². The number of ketones is 1. The first kappa shape index (κ1) is 21.8. The number of halogens is 1. The molecule has 0 aliphatic rings. The Bertz CT molecular complexity index is 1270. The second kappa shape index (κ2) is 9.80. The quantitative estimate of drug-likeness (QED) is 0.281. The third-order valence-electron chi connectivity index (χ3n) is 4.64. The zero-order valence-electron chi connectivity index (χ0n) is 17.0. The van der Waals surface area contributed by atoms with Crippen LogP contribution >= 0.6 is 23.4 Å². The number of hydrogen-bond donors (Lipinski definition) is 1. The van der Waals surface area contributed by atoms with E-state index in [2.05, 4.69) is 15.5 Å². The van der Waals surface area contributed by atoms with Gasteiger partial charge in [0.05, 0.1) is 11.4 Å². The highest BCUT2D eigenvalue weighted by atomic mass is 35.5. The van der Waals surface area contributed by atoms with Crippen LogP contribution < -0.4 is 5.32 Å². The number of aryl methyl sites for hydroxylation is 1. The zero-order valence-corrected chi connectivity index (χ0v) is 18.6. The van der Waals surface area contributed by atoms with Crippen molar-refractivity contribution in [3.05, 3.63) is 94.5 Å². The molecule has 1 aromatic heterocycles. The third kappa shape index (κ3) is 5.07. The monoisotopic (exact) mass is 463 g/mol. The van der Waals surface area contributed by atoms with Gasteiger partial charge in [0.2, 0.25) is 11.8 Å². The molecule has 32 heavy (non-hydrogen) atoms. The van der Waals surface area contributed by atoms with E-state index in [1.165, 1.54) is 0 Å². The van der Waals surface area contributed by atoms with Crippen LogP contribution in [0.1, 0.15) is 21.5 Å². The zero-order chi connectivity index (χ0) is 22.5. The molecule has 3 aromatic carbocycles. The average Bonchev–Trinajstić information content (AvgIpc) is 3.28. The Hall–Kier alpha value is -3.42. The molecule has 1 heterocycles. The highest BCUT2D eigenvalue weighted by molar-refractivity contribution is 7.99. The normalized spacial score (nSPS) is 10.7. The van der Waals surface area contributed by atoms with Crippen LogP contribution in [0.5, 0.6) is 0 Å². The molecule has 4 rings (SSSR count). The molecule has 0 unspecified atom stereocenters. The predicted molar refractivity (Wildman–Crippen MR) is 125 cm³/mol. The molecule has 0 aliphatic heterocycles. The van der Waals surface area contributed by atoms with Crippen molar-refractivity contribution in [1.29, 1.82) is 0 Å². The first-order valence-corrected chi connectivity index (χ1v) is 11.1. The number of rotatable bonds is 7. The molecule has 160 valence electrons. The van der Waals surface area contributed by atoms with Crippen LogP contribution in [0.4, 0.5) is 5.69 Å². The molecule has 0 fully saturated rings. The van der Waals surface area contributed by atoms with Gasteiger partial charge in [-0.3, -0.25) is 9.59 Å². The van der Waals surface area contributed by atoms with Gasteiger partial charge in [-0.2, -0.15) is 0 Å². The molecular weight excluding hydrogens is 446 g/mol. The first-order chi connectivity index (χ1) is 15.5. The van der Waals surface area contributed by atoms with Gasteiger partial charge in [0.25, 0.3) is 5.22 Å². The van der Waals surface area contributed by atoms with Gasteiger partial charge in [-0.15, -0.1) is 10.2 Å². The van der Waals surface area contributed by atoms with Crippen molar-refractivity contribution in [3.63, 3.8) is 0 Å². The number of aromatic nitrogens is 2. The van der Waals surface area contributed by atoms with Gasteiger partial charge in [0, 0.05) is 21.7 Å². The predicted octanol–water partition coefficient (Wildman–Crippen LogP) is 5.66. The number of nitrogens with zero attached hydrogens (tertiary/aromatic N) is 2. The molecule has 0 saturated heterocycles. The highest BCUT2D eigenvalue weighted by Gasteiger charge is 2.17. The van der Waals surface area contributed by atoms with Crippen LogP contribution in [0, 0.1) is 6.92 Å². The Kier molecular flexibility index (Phi) is 6.68. The Labute approximate surface area is 194 Å². The molecule has 0 bridgehead atoms. The van der Waals surface area contributed by atoms with E-state index in [1.807, 2.05) is 37.3 Å². The van der Waals surface area contributed by atoms with Crippen LogP contribution in [-0.2, 0) is 4.79 Å². The second-order valence-corrected chi connectivity index (χ2v) is 8.27. The molecule has 0 radical (unpaired) electrons. The van der Waals surface area contributed by atoms with Gasteiger partial charge in [0.15, 0.2) is 5.78 Å². The van der Waals surface area contributed by atoms with Crippen LogP contribution in [0.25, 0.3) is 11.5 Å². The van der Waals surface area contributed by atoms with Crippen LogP contribution in [0.3, 0.4) is 0 Å². The Morgan fingerprint density at radius 2 is 1.75 bits per heavy atom. The van der Waals surface area contributed by atoms with Gasteiger partial charge < -0.3 is 9.73 Å². The number of benzene rings is 3. The van der Waals surface area contributed by atoms with E-state index < -0.39 is 0 Å². The summed E-state index contributed by atoms with van der Waals surface area (Å²) in [5.41, 5.74) is 3.08. The number of hydrogen-bond acceptors (Lipinski definition) is 6. The number of anilines is 1. The Morgan fingerprint density at radius 1 is 1.00 bits per heavy atom. The summed E-state index contributed by atoms with van der Waals surface area (Å²) in [5, 5.41) is 11.5. The number of amides is 1. The minimum absolute atomic E-state index is 0.0387. The number of thioether (sulfide) groups is 1. The van der Waals surface area contributed by atoms with Crippen LogP contribution in [0.2, 0.25) is 5.02 Å². The Morgan fingerprint density at radius 3 is 2.53 bits per heavy atom. The molecule has 1 amide bonds. The number of nitrogens with one attached hydrogen (secondary N) is 1. The fraction of sp³-hybridized carbons (Fsp3) is 0.0833. The van der Waals surface area contributed by atoms with Gasteiger partial charge in [0.1, 0.15) is 0 Å². The lowest BCUT2D eigenvalue weighted by atomic mass is 10.0. The lowest BCUT2D eigenvalue weighted by Crippen LogP contribution is -2.17. The van der Waals surface area contributed by atoms with Crippen LogP contribution in [0.15, 0.2) is 82.4 Å². The molecule has 4 aromatic rings. The van der Waals surface area contributed by atoms with Crippen molar-refractivity contribution in [3.8, 4) is 11.5 Å². The lowest BCUT2D eigenvalue weighted by Gasteiger charge is -2.11. The summed E-state index contributed by atoms with van der Waals surface area (Å²) in [6.07, 6.45) is 0. The van der Waals surface area contributed by atoms with E-state index in [4.69, 9.17) is 16.0 Å². The summed E-state index contributed by atoms with van der Waals surface area (Å²) >= 11 is 7.21. The third-order valence-corrected chi connectivity index (χ3v) is 5.70. The molecule has 1 N–H and O–H groups in total. The molecule has 8 heteroatoms. The SMILES string of the molecule is Cc1ccccc1-c1nnc(SCC(=O)Nc2ccc(Cl)cc2C(=O)c2ccccc2)o1. The van der Waals surface area contributed by atoms with Gasteiger partial charge in [-0.05, 0) is 36.8 Å². The largest absolute Gasteiger partial charge is 0.411 e. The topological polar surface area (TPSA) is 85.1 Å². The second-order valence-electron chi connectivity index (χ2n) is 6.91. The van der Waals surface area contributed by atoms with E-state index >= 15 is 0 Å². The summed E-state index contributed by atoms with van der Waals surface area (Å²) < 4.78 is 5.68. The van der Waals surface area contributed by atoms with Gasteiger partial charge in [-0.25, -0.2) is 0 Å². The first-order valence-electron chi connectivity index (χ1n) is 9.73. The molecule has 0 spiro atoms. The summed E-state index contributed by atoms with van der Waals surface area (Å²) in [7, 11) is 0. The van der Waals surface area contributed by atoms with Crippen molar-refractivity contribution in [2.75, 3.05) is 11.1 Å². The van der Waals surface area contributed by atoms with Gasteiger partial charge >= 0.3 is 0 Å². The molecule has 0 aliphatic carbocycles. The van der Waals surface area contributed by atoms with E-state index in [-0.39, 0.29) is 22.7 Å². The number of carbonyl (C=O) groups is 2. The average molecular weight is 464 g/mol. The molecule has 6 nitrogen and oxygen atoms in total.